The number of alkyl halides is 1. The normalized spacial score (nSPS) is 24.4. The summed E-state index contributed by atoms with van der Waals surface area (Å²) in [6, 6.07) is 6.28. The second kappa shape index (κ2) is 9.06. The van der Waals surface area contributed by atoms with Crippen molar-refractivity contribution in [2.24, 2.45) is 16.6 Å². The van der Waals surface area contributed by atoms with Crippen LogP contribution in [-0.2, 0) is 5.54 Å². The first kappa shape index (κ1) is 23.7. The molecule has 176 valence electrons. The minimum absolute atomic E-state index is 0.0822. The van der Waals surface area contributed by atoms with E-state index in [0.29, 0.717) is 34.0 Å². The Kier molecular flexibility index (Phi) is 6.32. The summed E-state index contributed by atoms with van der Waals surface area (Å²) < 4.78 is 33.6. The van der Waals surface area contributed by atoms with E-state index in [2.05, 4.69) is 31.2 Å². The Labute approximate surface area is 200 Å². The SMILES string of the molecule is C#CCOc1cnc2c(Nc3ccc(F)c([C@@]4(C)N=C(N)S[C@](C)(CF)[C@H]4C)c3)nccc2n1. The van der Waals surface area contributed by atoms with Gasteiger partial charge in [-0.2, -0.15) is 0 Å². The van der Waals surface area contributed by atoms with Crippen molar-refractivity contribution < 1.29 is 13.5 Å². The molecule has 0 spiro atoms. The van der Waals surface area contributed by atoms with Crippen LogP contribution in [0.1, 0.15) is 26.3 Å². The largest absolute Gasteiger partial charge is 0.463 e. The van der Waals surface area contributed by atoms with E-state index in [0.717, 1.165) is 0 Å². The maximum atomic E-state index is 15.1. The molecule has 0 amide bonds. The third-order valence-electron chi connectivity index (χ3n) is 6.22. The standard InChI is InChI=1S/C24H24F2N6OS/c1-5-10-33-19-12-29-20-18(31-19)8-9-28-21(20)30-15-6-7-17(26)16(11-15)24(4)14(2)23(3,13-25)34-22(27)32-24/h1,6-9,11-12,14H,10,13H2,2-4H3,(H2,27,32)(H,28,30)/t14-,23-,24+/m1/s1. The summed E-state index contributed by atoms with van der Waals surface area (Å²) in [5, 5.41) is 3.41. The number of nitrogens with zero attached hydrogens (tertiary/aromatic N) is 4. The van der Waals surface area contributed by atoms with E-state index in [1.54, 1.807) is 38.2 Å². The van der Waals surface area contributed by atoms with Crippen LogP contribution in [0.5, 0.6) is 5.88 Å². The van der Waals surface area contributed by atoms with Crippen molar-refractivity contribution in [2.45, 2.75) is 31.1 Å². The molecule has 0 bridgehead atoms. The van der Waals surface area contributed by atoms with E-state index in [1.807, 2.05) is 6.92 Å². The number of hydrogen-bond acceptors (Lipinski definition) is 8. The molecule has 1 aromatic carbocycles. The highest BCUT2D eigenvalue weighted by atomic mass is 32.2. The zero-order valence-corrected chi connectivity index (χ0v) is 19.8. The minimum atomic E-state index is -1.06. The molecule has 3 heterocycles. The van der Waals surface area contributed by atoms with Crippen LogP contribution in [-0.4, -0.2) is 38.1 Å². The Morgan fingerprint density at radius 2 is 2.09 bits per heavy atom. The number of aromatic nitrogens is 3. The van der Waals surface area contributed by atoms with Gasteiger partial charge in [-0.25, -0.2) is 23.7 Å². The first-order chi connectivity index (χ1) is 16.2. The lowest BCUT2D eigenvalue weighted by molar-refractivity contribution is 0.221. The van der Waals surface area contributed by atoms with Gasteiger partial charge in [-0.15, -0.1) is 6.42 Å². The highest BCUT2D eigenvalue weighted by molar-refractivity contribution is 8.15. The molecule has 0 saturated carbocycles. The van der Waals surface area contributed by atoms with E-state index in [-0.39, 0.29) is 17.7 Å². The topological polar surface area (TPSA) is 98.3 Å². The van der Waals surface area contributed by atoms with Crippen molar-refractivity contribution in [3.63, 3.8) is 0 Å². The number of thioether (sulfide) groups is 1. The molecule has 2 aromatic heterocycles. The summed E-state index contributed by atoms with van der Waals surface area (Å²) >= 11 is 1.18. The van der Waals surface area contributed by atoms with Crippen molar-refractivity contribution in [3.05, 3.63) is 48.0 Å². The molecule has 4 rings (SSSR count). The molecule has 7 nitrogen and oxygen atoms in total. The number of nitrogens with two attached hydrogens (primary N) is 1. The van der Waals surface area contributed by atoms with Gasteiger partial charge < -0.3 is 15.8 Å². The molecule has 3 atom stereocenters. The Bertz CT molecular complexity index is 1310. The summed E-state index contributed by atoms with van der Waals surface area (Å²) in [6.07, 6.45) is 8.26. The lowest BCUT2D eigenvalue weighted by Crippen LogP contribution is -2.49. The van der Waals surface area contributed by atoms with Crippen LogP contribution in [0.3, 0.4) is 0 Å². The van der Waals surface area contributed by atoms with Gasteiger partial charge in [0.05, 0.1) is 22.0 Å². The first-order valence-electron chi connectivity index (χ1n) is 10.6. The summed E-state index contributed by atoms with van der Waals surface area (Å²) in [7, 11) is 0. The second-order valence-electron chi connectivity index (χ2n) is 8.42. The average Bonchev–Trinajstić information content (AvgIpc) is 2.82. The fourth-order valence-corrected chi connectivity index (χ4v) is 5.21. The quantitative estimate of drug-likeness (QED) is 0.497. The highest BCUT2D eigenvalue weighted by Crippen LogP contribution is 2.50. The maximum Gasteiger partial charge on any atom is 0.233 e. The molecule has 0 radical (unpaired) electrons. The molecule has 1 aliphatic rings. The molecule has 0 unspecified atom stereocenters. The number of hydrogen-bond donors (Lipinski definition) is 2. The number of benzene rings is 1. The number of nitrogens with one attached hydrogen (secondary N) is 1. The summed E-state index contributed by atoms with van der Waals surface area (Å²) in [4.78, 5) is 17.7. The Morgan fingerprint density at radius 3 is 2.82 bits per heavy atom. The molecule has 34 heavy (non-hydrogen) atoms. The third kappa shape index (κ3) is 4.23. The van der Waals surface area contributed by atoms with Crippen LogP contribution < -0.4 is 15.8 Å². The Hall–Kier alpha value is -3.45. The average molecular weight is 483 g/mol. The van der Waals surface area contributed by atoms with Gasteiger partial charge in [0.2, 0.25) is 5.88 Å². The second-order valence-corrected chi connectivity index (χ2v) is 9.97. The van der Waals surface area contributed by atoms with Crippen LogP contribution in [0.4, 0.5) is 20.3 Å². The first-order valence-corrected chi connectivity index (χ1v) is 11.4. The number of rotatable bonds is 6. The summed E-state index contributed by atoms with van der Waals surface area (Å²) in [5.74, 6) is 2.32. The van der Waals surface area contributed by atoms with Crippen molar-refractivity contribution >= 4 is 39.5 Å². The van der Waals surface area contributed by atoms with Crippen LogP contribution in [0.25, 0.3) is 11.0 Å². The number of halogens is 2. The van der Waals surface area contributed by atoms with Crippen LogP contribution in [0.2, 0.25) is 0 Å². The van der Waals surface area contributed by atoms with Crippen molar-refractivity contribution in [3.8, 4) is 18.2 Å². The zero-order valence-electron chi connectivity index (χ0n) is 19.0. The number of fused-ring (bicyclic) bond motifs is 1. The number of anilines is 2. The van der Waals surface area contributed by atoms with Gasteiger partial charge >= 0.3 is 0 Å². The fraction of sp³-hybridized carbons (Fsp3) is 0.333. The van der Waals surface area contributed by atoms with Crippen molar-refractivity contribution in [1.29, 1.82) is 0 Å². The van der Waals surface area contributed by atoms with E-state index in [9.17, 15) is 4.39 Å². The molecule has 3 N–H and O–H groups in total. The Morgan fingerprint density at radius 1 is 1.29 bits per heavy atom. The molecule has 0 aliphatic carbocycles. The van der Waals surface area contributed by atoms with Crippen molar-refractivity contribution in [2.75, 3.05) is 18.6 Å². The minimum Gasteiger partial charge on any atom is -0.463 e. The zero-order chi connectivity index (χ0) is 24.5. The molecular formula is C24H24F2N6OS. The van der Waals surface area contributed by atoms with Gasteiger partial charge in [0.25, 0.3) is 0 Å². The maximum absolute atomic E-state index is 15.1. The van der Waals surface area contributed by atoms with Gasteiger partial charge in [-0.3, -0.25) is 4.99 Å². The number of aliphatic imine (C=N–C) groups is 1. The summed E-state index contributed by atoms with van der Waals surface area (Å²) in [6.45, 7) is 4.89. The molecule has 1 aliphatic heterocycles. The summed E-state index contributed by atoms with van der Waals surface area (Å²) in [5.41, 5.74) is 6.90. The van der Waals surface area contributed by atoms with E-state index in [4.69, 9.17) is 16.9 Å². The molecule has 3 aromatic rings. The molecule has 0 saturated heterocycles. The van der Waals surface area contributed by atoms with Crippen LogP contribution in [0.15, 0.2) is 41.7 Å². The predicted octanol–water partition coefficient (Wildman–Crippen LogP) is 4.56. The van der Waals surface area contributed by atoms with Gasteiger partial charge in [0.15, 0.2) is 17.6 Å². The molecule has 10 heteroatoms. The number of amidine groups is 1. The smallest absolute Gasteiger partial charge is 0.233 e. The van der Waals surface area contributed by atoms with Gasteiger partial charge in [-0.1, -0.05) is 24.6 Å². The number of ether oxygens (including phenoxy) is 1. The van der Waals surface area contributed by atoms with Gasteiger partial charge in [0.1, 0.15) is 18.0 Å². The van der Waals surface area contributed by atoms with E-state index in [1.165, 1.54) is 24.0 Å². The number of terminal acetylenes is 1. The lowest BCUT2D eigenvalue weighted by atomic mass is 9.74. The van der Waals surface area contributed by atoms with E-state index < -0.39 is 22.8 Å². The van der Waals surface area contributed by atoms with Crippen LogP contribution in [0, 0.1) is 24.1 Å². The molecular weight excluding hydrogens is 458 g/mol. The highest BCUT2D eigenvalue weighted by Gasteiger charge is 2.50. The molecule has 0 fully saturated rings. The van der Waals surface area contributed by atoms with Crippen molar-refractivity contribution in [1.82, 2.24) is 15.0 Å². The third-order valence-corrected chi connectivity index (χ3v) is 7.45. The Balaban J connectivity index is 1.72. The van der Waals surface area contributed by atoms with Gasteiger partial charge in [-0.05, 0) is 38.1 Å². The monoisotopic (exact) mass is 482 g/mol. The van der Waals surface area contributed by atoms with Gasteiger partial charge in [0, 0.05) is 23.4 Å². The predicted molar refractivity (Wildman–Crippen MR) is 131 cm³/mol. The fourth-order valence-electron chi connectivity index (χ4n) is 4.04. The van der Waals surface area contributed by atoms with E-state index >= 15 is 4.39 Å². The lowest BCUT2D eigenvalue weighted by Gasteiger charge is -2.46. The van der Waals surface area contributed by atoms with Crippen LogP contribution >= 0.6 is 11.8 Å². The number of pyridine rings is 1.